The quantitative estimate of drug-likeness (QED) is 0.452. The first-order valence-electron chi connectivity index (χ1n) is 10.0. The predicted molar refractivity (Wildman–Crippen MR) is 126 cm³/mol. The molecule has 0 saturated carbocycles. The van der Waals surface area contributed by atoms with Crippen molar-refractivity contribution in [3.05, 3.63) is 77.3 Å². The van der Waals surface area contributed by atoms with Crippen molar-refractivity contribution in [2.75, 3.05) is 20.8 Å². The number of thiazole rings is 1. The molecule has 0 radical (unpaired) electrons. The smallest absolute Gasteiger partial charge is 0.338 e. The Hall–Kier alpha value is -3.11. The van der Waals surface area contributed by atoms with Gasteiger partial charge in [0.1, 0.15) is 5.76 Å². The average Bonchev–Trinajstić information content (AvgIpc) is 3.34. The van der Waals surface area contributed by atoms with Crippen LogP contribution in [0, 0.1) is 0 Å². The molecule has 10 heteroatoms. The number of allylic oxidation sites excluding steroid dienone is 1. The normalized spacial score (nSPS) is 15.8. The molecule has 0 amide bonds. The number of aromatic nitrogens is 1. The summed E-state index contributed by atoms with van der Waals surface area (Å²) in [7, 11) is 3.07. The number of halogens is 1. The van der Waals surface area contributed by atoms with Crippen molar-refractivity contribution in [1.29, 1.82) is 0 Å². The number of hydrogen-bond acceptors (Lipinski definition) is 8. The molecule has 0 aliphatic carbocycles. The Morgan fingerprint density at radius 1 is 1.24 bits per heavy atom. The van der Waals surface area contributed by atoms with Crippen LogP contribution in [0.1, 0.15) is 31.2 Å². The van der Waals surface area contributed by atoms with Crippen molar-refractivity contribution in [3.63, 3.8) is 0 Å². The summed E-state index contributed by atoms with van der Waals surface area (Å²) in [5.41, 5.74) is 1.16. The molecule has 0 unspecified atom stereocenters. The third kappa shape index (κ3) is 4.28. The Morgan fingerprint density at radius 3 is 2.64 bits per heavy atom. The Kier molecular flexibility index (Phi) is 6.57. The van der Waals surface area contributed by atoms with E-state index in [9.17, 15) is 9.59 Å². The van der Waals surface area contributed by atoms with Gasteiger partial charge in [0, 0.05) is 6.08 Å². The highest BCUT2D eigenvalue weighted by molar-refractivity contribution is 9.10. The van der Waals surface area contributed by atoms with Crippen LogP contribution in [-0.2, 0) is 9.53 Å². The van der Waals surface area contributed by atoms with Crippen LogP contribution in [-0.4, -0.2) is 31.4 Å². The second kappa shape index (κ2) is 9.40. The molecule has 0 fully saturated rings. The van der Waals surface area contributed by atoms with Gasteiger partial charge in [-0.15, -0.1) is 0 Å². The zero-order chi connectivity index (χ0) is 23.7. The van der Waals surface area contributed by atoms with E-state index in [1.807, 2.05) is 0 Å². The highest BCUT2D eigenvalue weighted by atomic mass is 79.9. The molecule has 0 bridgehead atoms. The van der Waals surface area contributed by atoms with Crippen LogP contribution >= 0.6 is 27.3 Å². The summed E-state index contributed by atoms with van der Waals surface area (Å²) in [5.74, 6) is 1.02. The Labute approximate surface area is 201 Å². The summed E-state index contributed by atoms with van der Waals surface area (Å²) >= 11 is 4.49. The second-order valence-electron chi connectivity index (χ2n) is 7.06. The Morgan fingerprint density at radius 2 is 2.00 bits per heavy atom. The van der Waals surface area contributed by atoms with Crippen molar-refractivity contribution in [2.45, 2.75) is 19.9 Å². The summed E-state index contributed by atoms with van der Waals surface area (Å²) < 4.78 is 24.1. The second-order valence-corrected chi connectivity index (χ2v) is 8.85. The van der Waals surface area contributed by atoms with Gasteiger partial charge in [-0.3, -0.25) is 9.36 Å². The standard InChI is InChI=1S/C23H21BrN2O6S/c1-5-31-22(28)19-12(2)25-23-26(20(19)13-6-8-15(29-3)16(10-13)30-4)21(27)17(33-23)11-14-7-9-18(24)32-14/h6-11,20H,5H2,1-4H3/b17-11-/t20-/m0/s1. The minimum Gasteiger partial charge on any atom is -0.493 e. The van der Waals surface area contributed by atoms with Crippen molar-refractivity contribution >= 4 is 39.3 Å². The summed E-state index contributed by atoms with van der Waals surface area (Å²) in [6, 6.07) is 8.04. The first-order valence-corrected chi connectivity index (χ1v) is 11.7. The molecular formula is C23H21BrN2O6S. The number of methoxy groups -OCH3 is 2. The van der Waals surface area contributed by atoms with Crippen LogP contribution in [0.15, 0.2) is 60.5 Å². The molecule has 8 nitrogen and oxygen atoms in total. The third-order valence-corrected chi connectivity index (χ3v) is 6.52. The van der Waals surface area contributed by atoms with Gasteiger partial charge < -0.3 is 18.6 Å². The first-order chi connectivity index (χ1) is 15.9. The van der Waals surface area contributed by atoms with E-state index in [-0.39, 0.29) is 12.2 Å². The molecule has 3 heterocycles. The number of carbonyl (C=O) groups is 1. The topological polar surface area (TPSA) is 92.3 Å². The lowest BCUT2D eigenvalue weighted by atomic mass is 9.95. The molecule has 4 rings (SSSR count). The molecule has 1 aliphatic heterocycles. The van der Waals surface area contributed by atoms with Crippen LogP contribution < -0.4 is 24.4 Å². The summed E-state index contributed by atoms with van der Waals surface area (Å²) in [6.45, 7) is 3.67. The van der Waals surface area contributed by atoms with E-state index in [1.54, 1.807) is 57.4 Å². The van der Waals surface area contributed by atoms with E-state index in [0.29, 0.717) is 48.1 Å². The molecule has 1 aromatic carbocycles. The van der Waals surface area contributed by atoms with Crippen molar-refractivity contribution in [2.24, 2.45) is 4.99 Å². The monoisotopic (exact) mass is 532 g/mol. The average molecular weight is 533 g/mol. The van der Waals surface area contributed by atoms with Crippen LogP contribution in [0.25, 0.3) is 6.08 Å². The van der Waals surface area contributed by atoms with Gasteiger partial charge in [-0.25, -0.2) is 9.79 Å². The molecule has 1 aliphatic rings. The maximum Gasteiger partial charge on any atom is 0.338 e. The van der Waals surface area contributed by atoms with Crippen LogP contribution in [0.2, 0.25) is 0 Å². The Bertz CT molecular complexity index is 1430. The molecule has 2 aromatic heterocycles. The number of hydrogen-bond donors (Lipinski definition) is 0. The first kappa shape index (κ1) is 23.1. The van der Waals surface area contributed by atoms with E-state index >= 15 is 0 Å². The highest BCUT2D eigenvalue weighted by Gasteiger charge is 2.33. The van der Waals surface area contributed by atoms with Gasteiger partial charge in [0.05, 0.1) is 42.7 Å². The maximum atomic E-state index is 13.5. The zero-order valence-corrected chi connectivity index (χ0v) is 20.8. The van der Waals surface area contributed by atoms with Gasteiger partial charge >= 0.3 is 5.97 Å². The summed E-state index contributed by atoms with van der Waals surface area (Å²) in [5, 5.41) is 0. The molecule has 33 heavy (non-hydrogen) atoms. The molecule has 0 N–H and O–H groups in total. The van der Waals surface area contributed by atoms with E-state index in [2.05, 4.69) is 20.9 Å². The van der Waals surface area contributed by atoms with Crippen LogP contribution in [0.4, 0.5) is 0 Å². The third-order valence-electron chi connectivity index (χ3n) is 5.11. The zero-order valence-electron chi connectivity index (χ0n) is 18.4. The summed E-state index contributed by atoms with van der Waals surface area (Å²) in [6.07, 6.45) is 1.66. The lowest BCUT2D eigenvalue weighted by Gasteiger charge is -2.25. The molecule has 3 aromatic rings. The van der Waals surface area contributed by atoms with Gasteiger partial charge in [-0.2, -0.15) is 0 Å². The number of benzene rings is 1. The van der Waals surface area contributed by atoms with Gasteiger partial charge in [-0.05, 0) is 59.6 Å². The fourth-order valence-corrected chi connectivity index (χ4v) is 5.01. The molecule has 0 saturated heterocycles. The number of furan rings is 1. The van der Waals surface area contributed by atoms with E-state index < -0.39 is 12.0 Å². The van der Waals surface area contributed by atoms with Crippen LogP contribution in [0.5, 0.6) is 11.5 Å². The number of nitrogens with zero attached hydrogens (tertiary/aromatic N) is 2. The maximum absolute atomic E-state index is 13.5. The lowest BCUT2D eigenvalue weighted by molar-refractivity contribution is -0.139. The minimum atomic E-state index is -0.745. The predicted octanol–water partition coefficient (Wildman–Crippen LogP) is 3.17. The van der Waals surface area contributed by atoms with E-state index in [0.717, 1.165) is 0 Å². The van der Waals surface area contributed by atoms with Gasteiger partial charge in [0.15, 0.2) is 21.0 Å². The van der Waals surface area contributed by atoms with E-state index in [4.69, 9.17) is 18.6 Å². The summed E-state index contributed by atoms with van der Waals surface area (Å²) in [4.78, 5) is 31.5. The van der Waals surface area contributed by atoms with E-state index in [1.165, 1.54) is 23.0 Å². The Balaban J connectivity index is 1.97. The molecule has 1 atom stereocenters. The number of carbonyl (C=O) groups excluding carboxylic acids is 1. The molecule has 0 spiro atoms. The number of ether oxygens (including phenoxy) is 3. The van der Waals surface area contributed by atoms with Gasteiger partial charge in [0.25, 0.3) is 5.56 Å². The number of esters is 1. The van der Waals surface area contributed by atoms with Gasteiger partial charge in [-0.1, -0.05) is 17.4 Å². The fourth-order valence-electron chi connectivity index (χ4n) is 3.66. The van der Waals surface area contributed by atoms with Crippen LogP contribution in [0.3, 0.4) is 0 Å². The molecular weight excluding hydrogens is 512 g/mol. The van der Waals surface area contributed by atoms with Crippen molar-refractivity contribution in [3.8, 4) is 11.5 Å². The fraction of sp³-hybridized carbons (Fsp3) is 0.261. The largest absolute Gasteiger partial charge is 0.493 e. The van der Waals surface area contributed by atoms with Crippen molar-refractivity contribution in [1.82, 2.24) is 4.57 Å². The molecule has 172 valence electrons. The SMILES string of the molecule is CCOC(=O)C1=C(C)N=c2s/c(=C\c3ccc(Br)o3)c(=O)n2[C@H]1c1ccc(OC)c(OC)c1. The number of fused-ring (bicyclic) bond motifs is 1. The minimum absolute atomic E-state index is 0.200. The number of rotatable bonds is 6. The lowest BCUT2D eigenvalue weighted by Crippen LogP contribution is -2.39. The highest BCUT2D eigenvalue weighted by Crippen LogP contribution is 2.36. The van der Waals surface area contributed by atoms with Crippen molar-refractivity contribution < 1.29 is 23.4 Å². The van der Waals surface area contributed by atoms with Gasteiger partial charge in [0.2, 0.25) is 0 Å².